The lowest BCUT2D eigenvalue weighted by Gasteiger charge is -2.15. The molecule has 20 heavy (non-hydrogen) atoms. The highest BCUT2D eigenvalue weighted by Crippen LogP contribution is 2.40. The van der Waals surface area contributed by atoms with Crippen LogP contribution in [0.25, 0.3) is 0 Å². The predicted molar refractivity (Wildman–Crippen MR) is 95.2 cm³/mol. The zero-order chi connectivity index (χ0) is 14.7. The third-order valence-electron chi connectivity index (χ3n) is 2.80. The van der Waals surface area contributed by atoms with Crippen LogP contribution in [0.1, 0.15) is 22.9 Å². The van der Waals surface area contributed by atoms with Gasteiger partial charge >= 0.3 is 0 Å². The van der Waals surface area contributed by atoms with E-state index in [0.29, 0.717) is 6.61 Å². The molecule has 1 nitrogen and oxygen atoms in total. The van der Waals surface area contributed by atoms with E-state index in [9.17, 15) is 0 Å². The van der Waals surface area contributed by atoms with Crippen LogP contribution in [-0.4, -0.2) is 6.61 Å². The molecule has 0 fully saturated rings. The van der Waals surface area contributed by atoms with Gasteiger partial charge in [-0.05, 0) is 68.1 Å². The van der Waals surface area contributed by atoms with Gasteiger partial charge in [-0.3, -0.25) is 0 Å². The van der Waals surface area contributed by atoms with Crippen LogP contribution in [0.2, 0.25) is 5.02 Å². The van der Waals surface area contributed by atoms with Gasteiger partial charge in [0, 0.05) is 4.47 Å². The van der Waals surface area contributed by atoms with E-state index in [1.165, 1.54) is 0 Å². The molecule has 0 saturated heterocycles. The minimum atomic E-state index is 0.0273. The molecule has 0 amide bonds. The van der Waals surface area contributed by atoms with Crippen molar-refractivity contribution in [1.29, 1.82) is 0 Å². The summed E-state index contributed by atoms with van der Waals surface area (Å²) in [4.78, 5) is 0.0273. The normalized spacial score (nSPS) is 12.2. The van der Waals surface area contributed by atoms with Crippen molar-refractivity contribution >= 4 is 59.4 Å². The zero-order valence-corrected chi connectivity index (χ0v) is 16.2. The van der Waals surface area contributed by atoms with Crippen molar-refractivity contribution in [2.24, 2.45) is 0 Å². The molecule has 0 aromatic heterocycles. The fourth-order valence-corrected chi connectivity index (χ4v) is 3.77. The second-order valence-electron chi connectivity index (χ2n) is 4.13. The van der Waals surface area contributed by atoms with Crippen molar-refractivity contribution in [3.8, 4) is 5.75 Å². The van der Waals surface area contributed by atoms with Crippen LogP contribution < -0.4 is 4.74 Å². The molecule has 0 N–H and O–H groups in total. The van der Waals surface area contributed by atoms with E-state index in [4.69, 9.17) is 16.3 Å². The summed E-state index contributed by atoms with van der Waals surface area (Å²) >= 11 is 17.0. The van der Waals surface area contributed by atoms with E-state index in [-0.39, 0.29) is 4.83 Å². The third kappa shape index (κ3) is 3.59. The molecule has 0 aliphatic rings. The maximum Gasteiger partial charge on any atom is 0.133 e. The van der Waals surface area contributed by atoms with Crippen molar-refractivity contribution < 1.29 is 4.74 Å². The molecule has 0 heterocycles. The Morgan fingerprint density at radius 1 is 1.15 bits per heavy atom. The highest BCUT2D eigenvalue weighted by Gasteiger charge is 2.16. The Morgan fingerprint density at radius 2 is 1.90 bits per heavy atom. The van der Waals surface area contributed by atoms with Gasteiger partial charge in [-0.25, -0.2) is 0 Å². The molecule has 2 aromatic carbocycles. The number of rotatable bonds is 4. The summed E-state index contributed by atoms with van der Waals surface area (Å²) in [5, 5.41) is 0.722. The lowest BCUT2D eigenvalue weighted by atomic mass is 10.0. The minimum Gasteiger partial charge on any atom is -0.493 e. The van der Waals surface area contributed by atoms with E-state index in [0.717, 1.165) is 30.8 Å². The summed E-state index contributed by atoms with van der Waals surface area (Å²) in [7, 11) is 0. The number of hydrogen-bond acceptors (Lipinski definition) is 1. The molecule has 106 valence electrons. The monoisotopic (exact) mass is 480 g/mol. The smallest absolute Gasteiger partial charge is 0.133 e. The van der Waals surface area contributed by atoms with E-state index in [1.54, 1.807) is 0 Å². The second-order valence-corrected chi connectivity index (χ2v) is 7.13. The van der Waals surface area contributed by atoms with Crippen LogP contribution in [0.3, 0.4) is 0 Å². The molecular weight excluding hydrogens is 471 g/mol. The average molecular weight is 483 g/mol. The van der Waals surface area contributed by atoms with Gasteiger partial charge in [0.05, 0.1) is 20.9 Å². The molecule has 1 atom stereocenters. The van der Waals surface area contributed by atoms with Crippen molar-refractivity contribution in [2.75, 3.05) is 6.61 Å². The number of hydrogen-bond donors (Lipinski definition) is 0. The number of benzene rings is 2. The average Bonchev–Trinajstić information content (AvgIpc) is 2.43. The van der Waals surface area contributed by atoms with E-state index < -0.39 is 0 Å². The number of alkyl halides is 1. The first kappa shape index (κ1) is 16.3. The molecule has 1 unspecified atom stereocenters. The van der Waals surface area contributed by atoms with Gasteiger partial charge < -0.3 is 4.74 Å². The fraction of sp³-hybridized carbons (Fsp3) is 0.200. The first-order valence-corrected chi connectivity index (χ1v) is 8.92. The van der Waals surface area contributed by atoms with E-state index in [2.05, 4.69) is 47.8 Å². The Kier molecular flexibility index (Phi) is 5.96. The van der Waals surface area contributed by atoms with E-state index >= 15 is 0 Å². The van der Waals surface area contributed by atoms with E-state index in [1.807, 2.05) is 43.3 Å². The Bertz CT molecular complexity index is 616. The van der Waals surface area contributed by atoms with Crippen molar-refractivity contribution in [2.45, 2.75) is 11.8 Å². The van der Waals surface area contributed by atoms with Gasteiger partial charge in [0.25, 0.3) is 0 Å². The van der Waals surface area contributed by atoms with Crippen LogP contribution in [0.4, 0.5) is 0 Å². The summed E-state index contributed by atoms with van der Waals surface area (Å²) in [6.45, 7) is 2.61. The van der Waals surface area contributed by atoms with Gasteiger partial charge in [-0.2, -0.15) is 0 Å². The third-order valence-corrected chi connectivity index (χ3v) is 5.76. The maximum atomic E-state index is 6.35. The summed E-state index contributed by atoms with van der Waals surface area (Å²) < 4.78 is 7.36. The van der Waals surface area contributed by atoms with Gasteiger partial charge in [0.1, 0.15) is 5.75 Å². The first-order chi connectivity index (χ1) is 9.54. The molecule has 2 rings (SSSR count). The highest BCUT2D eigenvalue weighted by atomic mass is 79.9. The Balaban J connectivity index is 2.36. The Labute approximate surface area is 149 Å². The molecule has 2 aromatic rings. The van der Waals surface area contributed by atoms with Crippen LogP contribution in [0.5, 0.6) is 5.75 Å². The maximum absolute atomic E-state index is 6.35. The summed E-state index contributed by atoms with van der Waals surface area (Å²) in [5.41, 5.74) is 2.14. The summed E-state index contributed by atoms with van der Waals surface area (Å²) in [6.07, 6.45) is 0. The SMILES string of the molecule is CCOc1ccc(C(Br)c2cccc(Br)c2Cl)cc1Br. The summed E-state index contributed by atoms with van der Waals surface area (Å²) in [5.74, 6) is 0.844. The van der Waals surface area contributed by atoms with Gasteiger partial charge in [0.2, 0.25) is 0 Å². The van der Waals surface area contributed by atoms with Crippen LogP contribution in [0, 0.1) is 0 Å². The van der Waals surface area contributed by atoms with Crippen molar-refractivity contribution in [3.63, 3.8) is 0 Å². The largest absolute Gasteiger partial charge is 0.493 e. The lowest BCUT2D eigenvalue weighted by molar-refractivity contribution is 0.338. The fourth-order valence-electron chi connectivity index (χ4n) is 1.84. The summed E-state index contributed by atoms with van der Waals surface area (Å²) in [6, 6.07) is 12.0. The topological polar surface area (TPSA) is 9.23 Å². The highest BCUT2D eigenvalue weighted by molar-refractivity contribution is 9.11. The minimum absolute atomic E-state index is 0.0273. The van der Waals surface area contributed by atoms with Crippen molar-refractivity contribution in [1.82, 2.24) is 0 Å². The van der Waals surface area contributed by atoms with Crippen LogP contribution >= 0.6 is 59.4 Å². The van der Waals surface area contributed by atoms with Gasteiger partial charge in [-0.15, -0.1) is 0 Å². The molecule has 5 heteroatoms. The second kappa shape index (κ2) is 7.30. The number of halogens is 4. The Morgan fingerprint density at radius 3 is 2.55 bits per heavy atom. The molecular formula is C15H12Br3ClO. The molecule has 0 bridgehead atoms. The van der Waals surface area contributed by atoms with Crippen molar-refractivity contribution in [3.05, 3.63) is 61.5 Å². The lowest BCUT2D eigenvalue weighted by Crippen LogP contribution is -1.97. The number of ether oxygens (including phenoxy) is 1. The molecule has 0 spiro atoms. The standard InChI is InChI=1S/C15H12Br3ClO/c1-2-20-13-7-6-9(8-12(13)17)14(18)10-4-3-5-11(16)15(10)19/h3-8,14H,2H2,1H3. The first-order valence-electron chi connectivity index (χ1n) is 6.04. The van der Waals surface area contributed by atoms with Gasteiger partial charge in [0.15, 0.2) is 0 Å². The predicted octanol–water partition coefficient (Wildman–Crippen LogP) is 6.75. The molecule has 0 aliphatic carbocycles. The van der Waals surface area contributed by atoms with Crippen LogP contribution in [0.15, 0.2) is 45.3 Å². The van der Waals surface area contributed by atoms with Gasteiger partial charge in [-0.1, -0.05) is 45.7 Å². The Hall–Kier alpha value is -0.0300. The molecule has 0 radical (unpaired) electrons. The molecule has 0 aliphatic heterocycles. The quantitative estimate of drug-likeness (QED) is 0.438. The van der Waals surface area contributed by atoms with Crippen LogP contribution in [-0.2, 0) is 0 Å². The molecule has 0 saturated carbocycles. The zero-order valence-electron chi connectivity index (χ0n) is 10.7.